The van der Waals surface area contributed by atoms with Gasteiger partial charge in [-0.3, -0.25) is 4.90 Å². The molecule has 0 saturated carbocycles. The van der Waals surface area contributed by atoms with Gasteiger partial charge in [0, 0.05) is 28.2 Å². The van der Waals surface area contributed by atoms with Gasteiger partial charge in [0.25, 0.3) is 0 Å². The SMILES string of the molecule is C[C@@]1(CCCO)CCCN1Cc1cc(Br)ccc1Cl. The Morgan fingerprint density at radius 1 is 1.47 bits per heavy atom. The summed E-state index contributed by atoms with van der Waals surface area (Å²) in [5.74, 6) is 0. The largest absolute Gasteiger partial charge is 0.396 e. The van der Waals surface area contributed by atoms with Crippen molar-refractivity contribution in [3.8, 4) is 0 Å². The molecule has 0 amide bonds. The molecule has 19 heavy (non-hydrogen) atoms. The van der Waals surface area contributed by atoms with Crippen LogP contribution in [-0.2, 0) is 6.54 Å². The van der Waals surface area contributed by atoms with Gasteiger partial charge in [-0.1, -0.05) is 27.5 Å². The van der Waals surface area contributed by atoms with Crippen molar-refractivity contribution in [2.75, 3.05) is 13.2 Å². The quantitative estimate of drug-likeness (QED) is 0.862. The molecule has 0 spiro atoms. The summed E-state index contributed by atoms with van der Waals surface area (Å²) < 4.78 is 1.07. The monoisotopic (exact) mass is 345 g/mol. The molecule has 1 fully saturated rings. The summed E-state index contributed by atoms with van der Waals surface area (Å²) in [6.45, 7) is 4.59. The van der Waals surface area contributed by atoms with Gasteiger partial charge in [0.05, 0.1) is 0 Å². The van der Waals surface area contributed by atoms with Crippen LogP contribution in [0.5, 0.6) is 0 Å². The predicted molar refractivity (Wildman–Crippen MR) is 83.5 cm³/mol. The molecule has 2 rings (SSSR count). The number of aliphatic hydroxyl groups excluding tert-OH is 1. The number of hydrogen-bond donors (Lipinski definition) is 1. The molecule has 4 heteroatoms. The third-order valence-electron chi connectivity index (χ3n) is 4.15. The number of rotatable bonds is 5. The first-order chi connectivity index (χ1) is 9.05. The van der Waals surface area contributed by atoms with Crippen molar-refractivity contribution in [3.05, 3.63) is 33.3 Å². The summed E-state index contributed by atoms with van der Waals surface area (Å²) in [6, 6.07) is 6.02. The van der Waals surface area contributed by atoms with Crippen molar-refractivity contribution in [1.82, 2.24) is 4.90 Å². The molecule has 1 aromatic rings. The maximum atomic E-state index is 9.05. The Bertz CT molecular complexity index is 440. The lowest BCUT2D eigenvalue weighted by Gasteiger charge is -2.35. The molecule has 1 heterocycles. The second kappa shape index (κ2) is 6.57. The normalized spacial score (nSPS) is 24.0. The highest BCUT2D eigenvalue weighted by Crippen LogP contribution is 2.35. The predicted octanol–water partition coefficient (Wildman–Crippen LogP) is 4.23. The van der Waals surface area contributed by atoms with Crippen molar-refractivity contribution < 1.29 is 5.11 Å². The second-order valence-electron chi connectivity index (χ2n) is 5.58. The molecule has 1 aliphatic heterocycles. The van der Waals surface area contributed by atoms with Gasteiger partial charge >= 0.3 is 0 Å². The molecular weight excluding hydrogens is 326 g/mol. The highest BCUT2D eigenvalue weighted by molar-refractivity contribution is 9.10. The Morgan fingerprint density at radius 3 is 3.00 bits per heavy atom. The van der Waals surface area contributed by atoms with E-state index in [9.17, 15) is 0 Å². The number of benzene rings is 1. The molecule has 0 aliphatic carbocycles. The van der Waals surface area contributed by atoms with Gasteiger partial charge in [0.1, 0.15) is 0 Å². The van der Waals surface area contributed by atoms with Crippen LogP contribution in [0.1, 0.15) is 38.2 Å². The van der Waals surface area contributed by atoms with E-state index < -0.39 is 0 Å². The third-order valence-corrected chi connectivity index (χ3v) is 5.01. The summed E-state index contributed by atoms with van der Waals surface area (Å²) >= 11 is 9.79. The summed E-state index contributed by atoms with van der Waals surface area (Å²) in [7, 11) is 0. The average Bonchev–Trinajstić information content (AvgIpc) is 2.74. The molecule has 2 nitrogen and oxygen atoms in total. The van der Waals surface area contributed by atoms with E-state index in [4.69, 9.17) is 16.7 Å². The zero-order valence-electron chi connectivity index (χ0n) is 11.3. The first kappa shape index (κ1) is 15.3. The van der Waals surface area contributed by atoms with Crippen LogP contribution in [0.2, 0.25) is 5.02 Å². The number of nitrogens with zero attached hydrogens (tertiary/aromatic N) is 1. The molecule has 0 radical (unpaired) electrons. The van der Waals surface area contributed by atoms with Crippen LogP contribution in [0.3, 0.4) is 0 Å². The minimum absolute atomic E-state index is 0.203. The highest BCUT2D eigenvalue weighted by atomic mass is 79.9. The van der Waals surface area contributed by atoms with Crippen LogP contribution >= 0.6 is 27.5 Å². The van der Waals surface area contributed by atoms with E-state index in [-0.39, 0.29) is 12.1 Å². The van der Waals surface area contributed by atoms with Gasteiger partial charge < -0.3 is 5.11 Å². The molecule has 0 bridgehead atoms. The Morgan fingerprint density at radius 2 is 2.26 bits per heavy atom. The smallest absolute Gasteiger partial charge is 0.0451 e. The first-order valence-corrected chi connectivity index (χ1v) is 8.02. The van der Waals surface area contributed by atoms with Gasteiger partial charge in [0.2, 0.25) is 0 Å². The molecule has 1 saturated heterocycles. The van der Waals surface area contributed by atoms with Crippen molar-refractivity contribution in [2.24, 2.45) is 0 Å². The minimum Gasteiger partial charge on any atom is -0.396 e. The van der Waals surface area contributed by atoms with E-state index in [2.05, 4.69) is 33.8 Å². The summed E-state index contributed by atoms with van der Waals surface area (Å²) in [6.07, 6.45) is 4.36. The Kier molecular flexibility index (Phi) is 5.29. The van der Waals surface area contributed by atoms with Gasteiger partial charge in [0.15, 0.2) is 0 Å². The van der Waals surface area contributed by atoms with E-state index in [1.807, 2.05) is 12.1 Å². The van der Waals surface area contributed by atoms with Crippen LogP contribution in [-0.4, -0.2) is 28.7 Å². The average molecular weight is 347 g/mol. The lowest BCUT2D eigenvalue weighted by atomic mass is 9.92. The molecule has 1 N–H and O–H groups in total. The Balaban J connectivity index is 2.10. The maximum absolute atomic E-state index is 9.05. The first-order valence-electron chi connectivity index (χ1n) is 6.85. The Hall–Kier alpha value is -0.0900. The topological polar surface area (TPSA) is 23.5 Å². The zero-order chi connectivity index (χ0) is 13.9. The third kappa shape index (κ3) is 3.72. The van der Waals surface area contributed by atoms with Crippen molar-refractivity contribution in [2.45, 2.75) is 44.7 Å². The van der Waals surface area contributed by atoms with E-state index in [1.165, 1.54) is 18.4 Å². The van der Waals surface area contributed by atoms with Gasteiger partial charge in [-0.2, -0.15) is 0 Å². The highest BCUT2D eigenvalue weighted by Gasteiger charge is 2.35. The summed E-state index contributed by atoms with van der Waals surface area (Å²) in [4.78, 5) is 2.51. The van der Waals surface area contributed by atoms with Crippen LogP contribution in [0, 0.1) is 0 Å². The van der Waals surface area contributed by atoms with Gasteiger partial charge in [-0.05, 0) is 62.9 Å². The molecule has 0 unspecified atom stereocenters. The molecular formula is C15H21BrClNO. The van der Waals surface area contributed by atoms with Crippen molar-refractivity contribution >= 4 is 27.5 Å². The van der Waals surface area contributed by atoms with Gasteiger partial charge in [-0.25, -0.2) is 0 Å². The summed E-state index contributed by atoms with van der Waals surface area (Å²) in [5, 5.41) is 9.88. The van der Waals surface area contributed by atoms with Gasteiger partial charge in [-0.15, -0.1) is 0 Å². The van der Waals surface area contributed by atoms with E-state index in [1.54, 1.807) is 0 Å². The molecule has 0 aromatic heterocycles. The second-order valence-corrected chi connectivity index (χ2v) is 6.91. The maximum Gasteiger partial charge on any atom is 0.0451 e. The summed E-state index contributed by atoms with van der Waals surface area (Å²) in [5.41, 5.74) is 1.38. The van der Waals surface area contributed by atoms with E-state index in [0.717, 1.165) is 35.4 Å². The zero-order valence-corrected chi connectivity index (χ0v) is 13.7. The van der Waals surface area contributed by atoms with Crippen LogP contribution < -0.4 is 0 Å². The van der Waals surface area contributed by atoms with Crippen molar-refractivity contribution in [3.63, 3.8) is 0 Å². The van der Waals surface area contributed by atoms with E-state index in [0.29, 0.717) is 0 Å². The number of likely N-dealkylation sites (tertiary alicyclic amines) is 1. The lowest BCUT2D eigenvalue weighted by Crippen LogP contribution is -2.40. The Labute approximate surface area is 128 Å². The lowest BCUT2D eigenvalue weighted by molar-refractivity contribution is 0.125. The fourth-order valence-electron chi connectivity index (χ4n) is 2.96. The molecule has 1 aliphatic rings. The van der Waals surface area contributed by atoms with Crippen molar-refractivity contribution in [1.29, 1.82) is 0 Å². The number of aliphatic hydroxyl groups is 1. The number of halogens is 2. The standard InChI is InChI=1S/C15H21BrClNO/c1-15(7-3-9-19)6-2-8-18(15)11-12-10-13(16)4-5-14(12)17/h4-5,10,19H,2-3,6-9,11H2,1H3/t15-/m0/s1. The van der Waals surface area contributed by atoms with Crippen LogP contribution in [0.25, 0.3) is 0 Å². The fourth-order valence-corrected chi connectivity index (χ4v) is 3.55. The fraction of sp³-hybridized carbons (Fsp3) is 0.600. The molecule has 106 valence electrons. The van der Waals surface area contributed by atoms with E-state index >= 15 is 0 Å². The molecule has 1 atom stereocenters. The van der Waals surface area contributed by atoms with Crippen LogP contribution in [0.4, 0.5) is 0 Å². The molecule has 1 aromatic carbocycles. The number of hydrogen-bond acceptors (Lipinski definition) is 2. The minimum atomic E-state index is 0.203. The van der Waals surface area contributed by atoms with Crippen LogP contribution in [0.15, 0.2) is 22.7 Å².